The van der Waals surface area contributed by atoms with E-state index < -0.39 is 14.9 Å². The van der Waals surface area contributed by atoms with E-state index in [1.54, 1.807) is 13.8 Å². The van der Waals surface area contributed by atoms with E-state index >= 15 is 0 Å². The summed E-state index contributed by atoms with van der Waals surface area (Å²) in [5.41, 5.74) is 0.972. The molecule has 2 rings (SSSR count). The Kier molecular flexibility index (Phi) is 4.63. The molecule has 0 atom stereocenters. The largest absolute Gasteiger partial charge is 0.271 e. The summed E-state index contributed by atoms with van der Waals surface area (Å²) in [5.74, 6) is 0. The molecule has 6 nitrogen and oxygen atoms in total. The van der Waals surface area contributed by atoms with Gasteiger partial charge >= 0.3 is 0 Å². The maximum absolute atomic E-state index is 12.5. The quantitative estimate of drug-likeness (QED) is 0.684. The third kappa shape index (κ3) is 3.59. The number of nitrogens with one attached hydrogen (secondary N) is 1. The molecule has 0 bridgehead atoms. The van der Waals surface area contributed by atoms with Crippen molar-refractivity contribution in [2.24, 2.45) is 0 Å². The number of non-ortho nitro benzene ring substituents is 1. The van der Waals surface area contributed by atoms with Crippen molar-refractivity contribution in [3.63, 3.8) is 0 Å². The SMILES string of the molecule is Cc1cc([N+](=O)[O-])cc(S(=O)(=O)NC2CCCCC2)c1C. The molecule has 7 heteroatoms. The Morgan fingerprint density at radius 2 is 1.81 bits per heavy atom. The number of aryl methyl sites for hydroxylation is 1. The van der Waals surface area contributed by atoms with Crippen molar-refractivity contribution in [3.05, 3.63) is 33.4 Å². The first kappa shape index (κ1) is 15.9. The molecule has 0 saturated heterocycles. The molecule has 0 aromatic heterocycles. The molecule has 0 aliphatic heterocycles. The maximum atomic E-state index is 12.5. The molecule has 1 aliphatic carbocycles. The van der Waals surface area contributed by atoms with Crippen molar-refractivity contribution < 1.29 is 13.3 Å². The van der Waals surface area contributed by atoms with Crippen molar-refractivity contribution in [1.82, 2.24) is 4.72 Å². The Balaban J connectivity index is 2.36. The Morgan fingerprint density at radius 3 is 2.38 bits per heavy atom. The van der Waals surface area contributed by atoms with Crippen LogP contribution in [0.4, 0.5) is 5.69 Å². The molecule has 0 unspecified atom stereocenters. The van der Waals surface area contributed by atoms with E-state index in [0.717, 1.165) is 38.2 Å². The van der Waals surface area contributed by atoms with Crippen molar-refractivity contribution in [1.29, 1.82) is 0 Å². The zero-order valence-electron chi connectivity index (χ0n) is 12.3. The van der Waals surface area contributed by atoms with Gasteiger partial charge in [0.1, 0.15) is 0 Å². The first-order valence-corrected chi connectivity index (χ1v) is 8.57. The summed E-state index contributed by atoms with van der Waals surface area (Å²) in [6.45, 7) is 3.36. The third-order valence-corrected chi connectivity index (χ3v) is 5.68. The predicted octanol–water partition coefficient (Wildman–Crippen LogP) is 2.82. The molecule has 1 saturated carbocycles. The Labute approximate surface area is 124 Å². The van der Waals surface area contributed by atoms with Crippen LogP contribution in [0.2, 0.25) is 0 Å². The predicted molar refractivity (Wildman–Crippen MR) is 79.8 cm³/mol. The van der Waals surface area contributed by atoms with Crippen LogP contribution in [0.1, 0.15) is 43.2 Å². The van der Waals surface area contributed by atoms with Gasteiger partial charge in [0.2, 0.25) is 10.0 Å². The molecule has 21 heavy (non-hydrogen) atoms. The smallest absolute Gasteiger partial charge is 0.258 e. The van der Waals surface area contributed by atoms with Crippen molar-refractivity contribution in [2.45, 2.75) is 56.9 Å². The van der Waals surface area contributed by atoms with Gasteiger partial charge in [-0.1, -0.05) is 19.3 Å². The second-order valence-electron chi connectivity index (χ2n) is 5.60. The fourth-order valence-electron chi connectivity index (χ4n) is 2.70. The van der Waals surface area contributed by atoms with Crippen LogP contribution >= 0.6 is 0 Å². The number of hydrogen-bond acceptors (Lipinski definition) is 4. The lowest BCUT2D eigenvalue weighted by atomic mass is 9.96. The minimum Gasteiger partial charge on any atom is -0.258 e. The highest BCUT2D eigenvalue weighted by Crippen LogP contribution is 2.26. The lowest BCUT2D eigenvalue weighted by molar-refractivity contribution is -0.385. The third-order valence-electron chi connectivity index (χ3n) is 4.03. The van der Waals surface area contributed by atoms with Crippen LogP contribution in [-0.4, -0.2) is 19.4 Å². The monoisotopic (exact) mass is 312 g/mol. The molecule has 1 aromatic carbocycles. The summed E-state index contributed by atoms with van der Waals surface area (Å²) in [5, 5.41) is 10.9. The second kappa shape index (κ2) is 6.11. The highest BCUT2D eigenvalue weighted by atomic mass is 32.2. The first-order chi connectivity index (χ1) is 9.81. The molecule has 0 spiro atoms. The zero-order chi connectivity index (χ0) is 15.6. The van der Waals surface area contributed by atoms with Crippen molar-refractivity contribution in [2.75, 3.05) is 0 Å². The fraction of sp³-hybridized carbons (Fsp3) is 0.571. The van der Waals surface area contributed by atoms with Crippen LogP contribution in [0.3, 0.4) is 0 Å². The molecule has 1 aromatic rings. The van der Waals surface area contributed by atoms with Gasteiger partial charge in [-0.3, -0.25) is 10.1 Å². The van der Waals surface area contributed by atoms with Crippen LogP contribution in [0.5, 0.6) is 0 Å². The summed E-state index contributed by atoms with van der Waals surface area (Å²) in [4.78, 5) is 10.4. The lowest BCUT2D eigenvalue weighted by Gasteiger charge is -2.23. The fourth-order valence-corrected chi connectivity index (χ4v) is 4.34. The first-order valence-electron chi connectivity index (χ1n) is 7.09. The van der Waals surface area contributed by atoms with Gasteiger partial charge in [0, 0.05) is 18.2 Å². The summed E-state index contributed by atoms with van der Waals surface area (Å²) in [6, 6.07) is 2.48. The summed E-state index contributed by atoms with van der Waals surface area (Å²) in [7, 11) is -3.72. The number of nitrogens with zero attached hydrogens (tertiary/aromatic N) is 1. The van der Waals surface area contributed by atoms with E-state index in [-0.39, 0.29) is 16.6 Å². The number of nitro groups is 1. The average molecular weight is 312 g/mol. The van der Waals surface area contributed by atoms with Crippen LogP contribution in [0, 0.1) is 24.0 Å². The molecule has 0 heterocycles. The standard InChI is InChI=1S/C14H20N2O4S/c1-10-8-13(16(17)18)9-14(11(10)2)21(19,20)15-12-6-4-3-5-7-12/h8-9,12,15H,3-7H2,1-2H3. The zero-order valence-corrected chi connectivity index (χ0v) is 13.1. The number of rotatable bonds is 4. The van der Waals surface area contributed by atoms with E-state index in [1.165, 1.54) is 6.07 Å². The highest BCUT2D eigenvalue weighted by molar-refractivity contribution is 7.89. The summed E-state index contributed by atoms with van der Waals surface area (Å²) < 4.78 is 27.7. The number of hydrogen-bond donors (Lipinski definition) is 1. The Bertz CT molecular complexity index is 649. The number of benzene rings is 1. The van der Waals surface area contributed by atoms with Gasteiger partial charge in [-0.25, -0.2) is 13.1 Å². The Hall–Kier alpha value is -1.47. The van der Waals surface area contributed by atoms with E-state index in [1.807, 2.05) is 0 Å². The molecule has 0 amide bonds. The topological polar surface area (TPSA) is 89.3 Å². The summed E-state index contributed by atoms with van der Waals surface area (Å²) >= 11 is 0. The average Bonchev–Trinajstić information content (AvgIpc) is 2.41. The minimum atomic E-state index is -3.72. The van der Waals surface area contributed by atoms with Crippen molar-refractivity contribution in [3.8, 4) is 0 Å². The molecule has 0 radical (unpaired) electrons. The van der Waals surface area contributed by atoms with Crippen LogP contribution in [0.25, 0.3) is 0 Å². The molecule has 116 valence electrons. The van der Waals surface area contributed by atoms with E-state index in [2.05, 4.69) is 4.72 Å². The van der Waals surface area contributed by atoms with Crippen LogP contribution < -0.4 is 4.72 Å². The second-order valence-corrected chi connectivity index (χ2v) is 7.28. The van der Waals surface area contributed by atoms with Gasteiger partial charge in [-0.2, -0.15) is 0 Å². The van der Waals surface area contributed by atoms with Gasteiger partial charge in [0.15, 0.2) is 0 Å². The van der Waals surface area contributed by atoms with Gasteiger partial charge in [0.25, 0.3) is 5.69 Å². The lowest BCUT2D eigenvalue weighted by Crippen LogP contribution is -2.36. The highest BCUT2D eigenvalue weighted by Gasteiger charge is 2.26. The molecule has 1 fully saturated rings. The van der Waals surface area contributed by atoms with Gasteiger partial charge < -0.3 is 0 Å². The van der Waals surface area contributed by atoms with E-state index in [9.17, 15) is 18.5 Å². The van der Waals surface area contributed by atoms with Crippen LogP contribution in [0.15, 0.2) is 17.0 Å². The number of nitro benzene ring substituents is 1. The van der Waals surface area contributed by atoms with Gasteiger partial charge in [0.05, 0.1) is 9.82 Å². The minimum absolute atomic E-state index is 0.0137. The molecular weight excluding hydrogens is 292 g/mol. The summed E-state index contributed by atoms with van der Waals surface area (Å²) in [6.07, 6.45) is 4.81. The Morgan fingerprint density at radius 1 is 1.19 bits per heavy atom. The van der Waals surface area contributed by atoms with E-state index in [0.29, 0.717) is 11.1 Å². The maximum Gasteiger partial charge on any atom is 0.271 e. The molecule has 1 N–H and O–H groups in total. The molecular formula is C14H20N2O4S. The van der Waals surface area contributed by atoms with Gasteiger partial charge in [-0.15, -0.1) is 0 Å². The van der Waals surface area contributed by atoms with E-state index in [4.69, 9.17) is 0 Å². The van der Waals surface area contributed by atoms with Crippen molar-refractivity contribution >= 4 is 15.7 Å². The normalized spacial score (nSPS) is 16.9. The van der Waals surface area contributed by atoms with Gasteiger partial charge in [-0.05, 0) is 37.8 Å². The number of sulfonamides is 1. The molecule has 1 aliphatic rings. The van der Waals surface area contributed by atoms with Crippen LogP contribution in [-0.2, 0) is 10.0 Å².